The molecule has 0 unspecified atom stereocenters. The maximum absolute atomic E-state index is 12.8. The topological polar surface area (TPSA) is 81.7 Å². The Morgan fingerprint density at radius 2 is 1.39 bits per heavy atom. The largest absolute Gasteiger partial charge is 0.465 e. The summed E-state index contributed by atoms with van der Waals surface area (Å²) in [5.74, 6) is -1.32. The maximum atomic E-state index is 12.8. The van der Waals surface area contributed by atoms with Crippen molar-refractivity contribution in [3.8, 4) is 0 Å². The highest BCUT2D eigenvalue weighted by Gasteiger charge is 2.23. The van der Waals surface area contributed by atoms with Gasteiger partial charge in [-0.1, -0.05) is 60.7 Å². The Balaban J connectivity index is 1.68. The summed E-state index contributed by atoms with van der Waals surface area (Å²) in [6.45, 7) is 0.0206. The molecule has 0 aliphatic carbocycles. The van der Waals surface area contributed by atoms with E-state index in [0.29, 0.717) is 23.1 Å². The Morgan fingerprint density at radius 3 is 2.00 bits per heavy atom. The molecule has 3 aromatic rings. The number of hydrogen-bond donors (Lipinski definition) is 1. The molecule has 0 bridgehead atoms. The van der Waals surface area contributed by atoms with Crippen molar-refractivity contribution < 1.29 is 23.9 Å². The third-order valence-electron chi connectivity index (χ3n) is 4.66. The van der Waals surface area contributed by atoms with Crippen molar-refractivity contribution in [2.24, 2.45) is 0 Å². The van der Waals surface area contributed by atoms with Gasteiger partial charge in [-0.2, -0.15) is 0 Å². The molecule has 6 heteroatoms. The molecule has 0 aliphatic rings. The monoisotopic (exact) mass is 417 g/mol. The fourth-order valence-electron chi connectivity index (χ4n) is 2.98. The van der Waals surface area contributed by atoms with Gasteiger partial charge in [-0.15, -0.1) is 0 Å². The van der Waals surface area contributed by atoms with Crippen molar-refractivity contribution in [2.45, 2.75) is 19.1 Å². The van der Waals surface area contributed by atoms with Gasteiger partial charge in [0, 0.05) is 12.0 Å². The van der Waals surface area contributed by atoms with Gasteiger partial charge in [0.25, 0.3) is 5.91 Å². The van der Waals surface area contributed by atoms with E-state index in [9.17, 15) is 14.4 Å². The molecule has 6 nitrogen and oxygen atoms in total. The minimum absolute atomic E-state index is 0.0206. The number of methoxy groups -OCH3 is 1. The molecule has 31 heavy (non-hydrogen) atoms. The second-order valence-corrected chi connectivity index (χ2v) is 6.88. The summed E-state index contributed by atoms with van der Waals surface area (Å²) in [4.78, 5) is 36.9. The van der Waals surface area contributed by atoms with Gasteiger partial charge in [-0.3, -0.25) is 4.79 Å². The quantitative estimate of drug-likeness (QED) is 0.567. The first-order valence-electron chi connectivity index (χ1n) is 9.80. The summed E-state index contributed by atoms with van der Waals surface area (Å²) >= 11 is 0. The van der Waals surface area contributed by atoms with Gasteiger partial charge in [0.05, 0.1) is 12.7 Å². The summed E-state index contributed by atoms with van der Waals surface area (Å²) in [6, 6.07) is 23.9. The number of ether oxygens (including phenoxy) is 2. The van der Waals surface area contributed by atoms with E-state index in [0.717, 1.165) is 5.56 Å². The van der Waals surface area contributed by atoms with Crippen LogP contribution in [0.3, 0.4) is 0 Å². The average molecular weight is 417 g/mol. The fourth-order valence-corrected chi connectivity index (χ4v) is 2.98. The van der Waals surface area contributed by atoms with E-state index >= 15 is 0 Å². The molecule has 0 aliphatic heterocycles. The zero-order valence-corrected chi connectivity index (χ0v) is 17.1. The molecule has 0 saturated carbocycles. The Labute approximate surface area is 180 Å². The van der Waals surface area contributed by atoms with E-state index in [1.807, 2.05) is 36.4 Å². The SMILES string of the molecule is COC(=O)c1ccc(COC(=O)[C@@H](Cc2ccccc2)NC(=O)c2ccccc2)cc1. The molecule has 1 N–H and O–H groups in total. The first-order chi connectivity index (χ1) is 15.1. The van der Waals surface area contributed by atoms with Gasteiger partial charge < -0.3 is 14.8 Å². The number of carbonyl (C=O) groups is 3. The number of nitrogens with one attached hydrogen (secondary N) is 1. The highest BCUT2D eigenvalue weighted by molar-refractivity contribution is 5.96. The van der Waals surface area contributed by atoms with E-state index in [2.05, 4.69) is 10.1 Å². The van der Waals surface area contributed by atoms with Crippen LogP contribution in [0.4, 0.5) is 0 Å². The second-order valence-electron chi connectivity index (χ2n) is 6.88. The van der Waals surface area contributed by atoms with Crippen LogP contribution in [0.1, 0.15) is 31.8 Å². The van der Waals surface area contributed by atoms with Gasteiger partial charge in [0.1, 0.15) is 12.6 Å². The fraction of sp³-hybridized carbons (Fsp3) is 0.160. The molecule has 0 spiro atoms. The highest BCUT2D eigenvalue weighted by Crippen LogP contribution is 2.10. The lowest BCUT2D eigenvalue weighted by Crippen LogP contribution is -2.43. The number of hydrogen-bond acceptors (Lipinski definition) is 5. The van der Waals surface area contributed by atoms with Crippen LogP contribution in [-0.2, 0) is 27.3 Å². The first-order valence-corrected chi connectivity index (χ1v) is 9.80. The molecule has 3 rings (SSSR count). The summed E-state index contributed by atoms with van der Waals surface area (Å²) in [5, 5.41) is 2.77. The number of esters is 2. The van der Waals surface area contributed by atoms with Gasteiger partial charge >= 0.3 is 11.9 Å². The summed E-state index contributed by atoms with van der Waals surface area (Å²) < 4.78 is 10.1. The summed E-state index contributed by atoms with van der Waals surface area (Å²) in [7, 11) is 1.31. The van der Waals surface area contributed by atoms with E-state index in [1.54, 1.807) is 48.5 Å². The zero-order chi connectivity index (χ0) is 22.1. The van der Waals surface area contributed by atoms with Crippen LogP contribution in [0.25, 0.3) is 0 Å². The van der Waals surface area contributed by atoms with Gasteiger partial charge in [0.2, 0.25) is 0 Å². The number of rotatable bonds is 8. The molecule has 1 amide bonds. The molecule has 0 aromatic heterocycles. The Morgan fingerprint density at radius 1 is 0.774 bits per heavy atom. The zero-order valence-electron chi connectivity index (χ0n) is 17.1. The first kappa shape index (κ1) is 21.8. The van der Waals surface area contributed by atoms with E-state index in [1.165, 1.54) is 7.11 Å². The van der Waals surface area contributed by atoms with Crippen LogP contribution in [0, 0.1) is 0 Å². The predicted octanol–water partition coefficient (Wildman–Crippen LogP) is 3.56. The molecule has 158 valence electrons. The molecule has 0 fully saturated rings. The maximum Gasteiger partial charge on any atom is 0.337 e. The lowest BCUT2D eigenvalue weighted by atomic mass is 10.1. The van der Waals surface area contributed by atoms with Crippen LogP contribution in [0.2, 0.25) is 0 Å². The third-order valence-corrected chi connectivity index (χ3v) is 4.66. The van der Waals surface area contributed by atoms with Gasteiger partial charge in [-0.25, -0.2) is 9.59 Å². The van der Waals surface area contributed by atoms with Gasteiger partial charge in [-0.05, 0) is 35.4 Å². The molecule has 0 heterocycles. The van der Waals surface area contributed by atoms with Crippen LogP contribution in [0.5, 0.6) is 0 Å². The van der Waals surface area contributed by atoms with Gasteiger partial charge in [0.15, 0.2) is 0 Å². The minimum Gasteiger partial charge on any atom is -0.465 e. The molecular formula is C25H23NO5. The molecular weight excluding hydrogens is 394 g/mol. The molecule has 1 atom stereocenters. The van der Waals surface area contributed by atoms with Crippen LogP contribution in [0.15, 0.2) is 84.9 Å². The second kappa shape index (κ2) is 10.7. The smallest absolute Gasteiger partial charge is 0.337 e. The summed E-state index contributed by atoms with van der Waals surface area (Å²) in [5.41, 5.74) is 2.50. The van der Waals surface area contributed by atoms with E-state index in [-0.39, 0.29) is 12.5 Å². The van der Waals surface area contributed by atoms with Crippen molar-refractivity contribution in [1.29, 1.82) is 0 Å². The van der Waals surface area contributed by atoms with E-state index in [4.69, 9.17) is 4.74 Å². The van der Waals surface area contributed by atoms with Crippen molar-refractivity contribution in [2.75, 3.05) is 7.11 Å². The third kappa shape index (κ3) is 6.27. The van der Waals surface area contributed by atoms with E-state index < -0.39 is 18.0 Å². The predicted molar refractivity (Wildman–Crippen MR) is 115 cm³/mol. The summed E-state index contributed by atoms with van der Waals surface area (Å²) in [6.07, 6.45) is 0.305. The van der Waals surface area contributed by atoms with Crippen LogP contribution >= 0.6 is 0 Å². The van der Waals surface area contributed by atoms with Crippen molar-refractivity contribution in [3.05, 3.63) is 107 Å². The molecule has 0 saturated heterocycles. The lowest BCUT2D eigenvalue weighted by molar-refractivity contribution is -0.147. The number of benzene rings is 3. The highest BCUT2D eigenvalue weighted by atomic mass is 16.5. The molecule has 0 radical (unpaired) electrons. The lowest BCUT2D eigenvalue weighted by Gasteiger charge is -2.18. The van der Waals surface area contributed by atoms with Crippen LogP contribution in [-0.4, -0.2) is 31.0 Å². The Bertz CT molecular complexity index is 1020. The number of carbonyl (C=O) groups excluding carboxylic acids is 3. The standard InChI is InChI=1S/C25H23NO5/c1-30-24(28)21-14-12-19(13-15-21)17-31-25(29)22(16-18-8-4-2-5-9-18)26-23(27)20-10-6-3-7-11-20/h2-15,22H,16-17H2,1H3,(H,26,27)/t22-/m1/s1. The van der Waals surface area contributed by atoms with Crippen molar-refractivity contribution in [1.82, 2.24) is 5.32 Å². The van der Waals surface area contributed by atoms with Crippen molar-refractivity contribution >= 4 is 17.8 Å². The van der Waals surface area contributed by atoms with Crippen LogP contribution < -0.4 is 5.32 Å². The average Bonchev–Trinajstić information content (AvgIpc) is 2.83. The Kier molecular flexibility index (Phi) is 7.54. The Hall–Kier alpha value is -3.93. The minimum atomic E-state index is -0.843. The van der Waals surface area contributed by atoms with Crippen molar-refractivity contribution in [3.63, 3.8) is 0 Å². The number of amides is 1. The molecule has 3 aromatic carbocycles. The normalized spacial score (nSPS) is 11.3.